The number of urea groups is 1. The van der Waals surface area contributed by atoms with Gasteiger partial charge in [0, 0.05) is 38.2 Å². The van der Waals surface area contributed by atoms with E-state index in [-0.39, 0.29) is 45.1 Å². The lowest BCUT2D eigenvalue weighted by Crippen LogP contribution is -2.56. The first kappa shape index (κ1) is 23.3. The number of likely N-dealkylation sites (tertiary alicyclic amines) is 1. The summed E-state index contributed by atoms with van der Waals surface area (Å²) in [5.74, 6) is -0.799. The first-order chi connectivity index (χ1) is 15.6. The van der Waals surface area contributed by atoms with Crippen LogP contribution in [-0.2, 0) is 14.8 Å². The van der Waals surface area contributed by atoms with Crippen molar-refractivity contribution in [2.24, 2.45) is 0 Å². The maximum Gasteiger partial charge on any atom is 0.573 e. The van der Waals surface area contributed by atoms with Crippen molar-refractivity contribution in [3.05, 3.63) is 54.6 Å². The third kappa shape index (κ3) is 4.92. The van der Waals surface area contributed by atoms with Crippen LogP contribution < -0.4 is 10.1 Å². The predicted octanol–water partition coefficient (Wildman–Crippen LogP) is 3.63. The molecule has 2 saturated heterocycles. The molecule has 12 heteroatoms. The Morgan fingerprint density at radius 3 is 2.30 bits per heavy atom. The Morgan fingerprint density at radius 1 is 1.00 bits per heavy atom. The first-order valence-corrected chi connectivity index (χ1v) is 11.7. The smallest absolute Gasteiger partial charge is 0.404 e. The molecule has 2 aromatic carbocycles. The molecule has 2 heterocycles. The zero-order valence-electron chi connectivity index (χ0n) is 17.4. The highest BCUT2D eigenvalue weighted by atomic mass is 32.2. The van der Waals surface area contributed by atoms with Crippen molar-refractivity contribution in [3.8, 4) is 5.75 Å². The normalized spacial score (nSPS) is 18.9. The molecule has 0 radical (unpaired) electrons. The maximum absolute atomic E-state index is 13.4. The molecule has 8 nitrogen and oxygen atoms in total. The van der Waals surface area contributed by atoms with Gasteiger partial charge in [-0.25, -0.2) is 13.2 Å². The van der Waals surface area contributed by atoms with E-state index in [0.29, 0.717) is 5.69 Å². The molecule has 1 N–H and O–H groups in total. The third-order valence-electron chi connectivity index (χ3n) is 5.62. The first-order valence-electron chi connectivity index (χ1n) is 10.2. The summed E-state index contributed by atoms with van der Waals surface area (Å²) in [6.45, 7) is 0.507. The molecule has 2 aliphatic heterocycles. The maximum atomic E-state index is 13.4. The van der Waals surface area contributed by atoms with Crippen LogP contribution in [0.2, 0.25) is 0 Å². The van der Waals surface area contributed by atoms with Crippen LogP contribution in [0, 0.1) is 0 Å². The molecule has 1 spiro atoms. The second-order valence-electron chi connectivity index (χ2n) is 7.65. The van der Waals surface area contributed by atoms with Gasteiger partial charge in [0.25, 0.3) is 0 Å². The van der Waals surface area contributed by atoms with Crippen molar-refractivity contribution in [2.75, 3.05) is 31.6 Å². The van der Waals surface area contributed by atoms with E-state index in [1.165, 1.54) is 12.1 Å². The quantitative estimate of drug-likeness (QED) is 0.715. The number of rotatable bonds is 4. The fourth-order valence-corrected chi connectivity index (χ4v) is 5.94. The van der Waals surface area contributed by atoms with Crippen molar-refractivity contribution in [1.82, 2.24) is 9.21 Å². The average molecular weight is 485 g/mol. The number of sulfonamides is 1. The SMILES string of the molecule is O=C(Nc1ccccc1)N1CCC2(CC1)OCCN2S(=O)(=O)c1ccccc1OC(F)(F)F. The molecule has 0 aliphatic carbocycles. The number of benzene rings is 2. The van der Waals surface area contributed by atoms with Gasteiger partial charge in [0.05, 0.1) is 6.61 Å². The number of hydrogen-bond acceptors (Lipinski definition) is 5. The number of carbonyl (C=O) groups excluding carboxylic acids is 1. The number of nitrogens with one attached hydrogen (secondary N) is 1. The summed E-state index contributed by atoms with van der Waals surface area (Å²) in [5.41, 5.74) is -0.612. The van der Waals surface area contributed by atoms with Crippen molar-refractivity contribution >= 4 is 21.7 Å². The second kappa shape index (κ2) is 8.84. The van der Waals surface area contributed by atoms with Gasteiger partial charge in [-0.2, -0.15) is 4.31 Å². The van der Waals surface area contributed by atoms with Crippen LogP contribution in [0.15, 0.2) is 59.5 Å². The number of halogens is 3. The Hall–Kier alpha value is -2.83. The molecule has 4 rings (SSSR count). The highest BCUT2D eigenvalue weighted by Gasteiger charge is 2.51. The lowest BCUT2D eigenvalue weighted by atomic mass is 10.0. The van der Waals surface area contributed by atoms with Crippen LogP contribution in [0.5, 0.6) is 5.75 Å². The van der Waals surface area contributed by atoms with E-state index in [1.54, 1.807) is 29.2 Å². The van der Waals surface area contributed by atoms with E-state index in [1.807, 2.05) is 6.07 Å². The van der Waals surface area contributed by atoms with Gasteiger partial charge in [0.15, 0.2) is 0 Å². The number of amides is 2. The van der Waals surface area contributed by atoms with Crippen LogP contribution >= 0.6 is 0 Å². The summed E-state index contributed by atoms with van der Waals surface area (Å²) in [6.07, 6.45) is -4.68. The summed E-state index contributed by atoms with van der Waals surface area (Å²) in [4.78, 5) is 13.5. The van der Waals surface area contributed by atoms with Gasteiger partial charge in [0.1, 0.15) is 16.4 Å². The minimum absolute atomic E-state index is 0.0150. The summed E-state index contributed by atoms with van der Waals surface area (Å²) in [7, 11) is -4.37. The van der Waals surface area contributed by atoms with E-state index >= 15 is 0 Å². The van der Waals surface area contributed by atoms with Gasteiger partial charge >= 0.3 is 12.4 Å². The fraction of sp³-hybridized carbons (Fsp3) is 0.381. The average Bonchev–Trinajstić information content (AvgIpc) is 3.18. The molecule has 2 aromatic rings. The molecular formula is C21H22F3N3O5S. The zero-order chi connectivity index (χ0) is 23.7. The molecule has 0 aromatic heterocycles. The fourth-order valence-electron chi connectivity index (χ4n) is 4.10. The highest BCUT2D eigenvalue weighted by Crippen LogP contribution is 2.41. The van der Waals surface area contributed by atoms with Gasteiger partial charge in [-0.3, -0.25) is 0 Å². The monoisotopic (exact) mass is 485 g/mol. The van der Waals surface area contributed by atoms with E-state index < -0.39 is 32.8 Å². The number of piperidine rings is 1. The topological polar surface area (TPSA) is 88.2 Å². The standard InChI is InChI=1S/C21H22F3N3O5S/c22-21(23,24)32-17-8-4-5-9-18(17)33(29,30)27-14-15-31-20(27)10-12-26(13-11-20)19(28)25-16-6-2-1-3-7-16/h1-9H,10-15H2,(H,25,28). The summed E-state index contributed by atoms with van der Waals surface area (Å²) < 4.78 is 76.0. The lowest BCUT2D eigenvalue weighted by Gasteiger charge is -2.42. The van der Waals surface area contributed by atoms with E-state index in [4.69, 9.17) is 4.74 Å². The van der Waals surface area contributed by atoms with Crippen LogP contribution in [-0.4, -0.2) is 62.0 Å². The number of nitrogens with zero attached hydrogens (tertiary/aromatic N) is 2. The lowest BCUT2D eigenvalue weighted by molar-refractivity contribution is -0.275. The number of anilines is 1. The summed E-state index contributed by atoms with van der Waals surface area (Å²) >= 11 is 0. The van der Waals surface area contributed by atoms with Gasteiger partial charge in [-0.15, -0.1) is 13.2 Å². The minimum atomic E-state index is -5.04. The Bertz CT molecular complexity index is 1100. The molecule has 178 valence electrons. The summed E-state index contributed by atoms with van der Waals surface area (Å²) in [5, 5.41) is 2.78. The number of alkyl halides is 3. The van der Waals surface area contributed by atoms with Gasteiger partial charge in [0.2, 0.25) is 10.0 Å². The van der Waals surface area contributed by atoms with Crippen LogP contribution in [0.3, 0.4) is 0 Å². The summed E-state index contributed by atoms with van der Waals surface area (Å²) in [6, 6.07) is 13.2. The number of ether oxygens (including phenoxy) is 2. The number of hydrogen-bond donors (Lipinski definition) is 1. The largest absolute Gasteiger partial charge is 0.573 e. The Morgan fingerprint density at radius 2 is 1.64 bits per heavy atom. The highest BCUT2D eigenvalue weighted by molar-refractivity contribution is 7.89. The molecule has 2 fully saturated rings. The van der Waals surface area contributed by atoms with Crippen molar-refractivity contribution in [3.63, 3.8) is 0 Å². The number of carbonyl (C=O) groups is 1. The van der Waals surface area contributed by atoms with Gasteiger partial charge < -0.3 is 19.7 Å². The molecule has 0 bridgehead atoms. The van der Waals surface area contributed by atoms with E-state index in [0.717, 1.165) is 16.4 Å². The molecule has 0 saturated carbocycles. The van der Waals surface area contributed by atoms with Gasteiger partial charge in [-0.1, -0.05) is 30.3 Å². The van der Waals surface area contributed by atoms with Crippen LogP contribution in [0.4, 0.5) is 23.7 Å². The Balaban J connectivity index is 1.51. The predicted molar refractivity (Wildman–Crippen MR) is 112 cm³/mol. The van der Waals surface area contributed by atoms with Gasteiger partial charge in [-0.05, 0) is 24.3 Å². The zero-order valence-corrected chi connectivity index (χ0v) is 18.2. The molecule has 2 amide bonds. The molecule has 33 heavy (non-hydrogen) atoms. The molecule has 2 aliphatic rings. The minimum Gasteiger partial charge on any atom is -0.404 e. The molecule has 0 unspecified atom stereocenters. The molecular weight excluding hydrogens is 463 g/mol. The molecule has 0 atom stereocenters. The Labute approximate surface area is 188 Å². The van der Waals surface area contributed by atoms with Crippen molar-refractivity contribution in [2.45, 2.75) is 29.8 Å². The van der Waals surface area contributed by atoms with Crippen LogP contribution in [0.1, 0.15) is 12.8 Å². The van der Waals surface area contributed by atoms with Crippen molar-refractivity contribution in [1.29, 1.82) is 0 Å². The Kier molecular flexibility index (Phi) is 6.25. The van der Waals surface area contributed by atoms with E-state index in [2.05, 4.69) is 10.1 Å². The van der Waals surface area contributed by atoms with Crippen molar-refractivity contribution < 1.29 is 35.9 Å². The third-order valence-corrected chi connectivity index (χ3v) is 7.61. The van der Waals surface area contributed by atoms with Crippen LogP contribution in [0.25, 0.3) is 0 Å². The van der Waals surface area contributed by atoms with E-state index in [9.17, 15) is 26.4 Å². The number of para-hydroxylation sites is 2. The second-order valence-corrected chi connectivity index (χ2v) is 9.48.